The number of benzene rings is 4. The van der Waals surface area contributed by atoms with Crippen LogP contribution in [0.1, 0.15) is 69.2 Å². The van der Waals surface area contributed by atoms with Crippen molar-refractivity contribution < 1.29 is 9.31 Å². The molecule has 8 nitrogen and oxygen atoms in total. The number of hydrogen-bond donors (Lipinski definition) is 4. The summed E-state index contributed by atoms with van der Waals surface area (Å²) < 4.78 is 11.7. The molecule has 0 amide bonds. The number of nitrogens with two attached hydrogens (primary N) is 2. The van der Waals surface area contributed by atoms with Crippen LogP contribution in [0, 0.1) is 0 Å². The highest BCUT2D eigenvalue weighted by Crippen LogP contribution is 2.36. The van der Waals surface area contributed by atoms with Crippen molar-refractivity contribution in [3.05, 3.63) is 161 Å². The molecule has 6 N–H and O–H groups in total. The molecule has 1 saturated heterocycles. The minimum Gasteiger partial charge on any atom is -0.399 e. The maximum absolute atomic E-state index is 5.95. The first-order valence-corrected chi connectivity index (χ1v) is 17.2. The van der Waals surface area contributed by atoms with E-state index in [-0.39, 0.29) is 50.0 Å². The van der Waals surface area contributed by atoms with Crippen LogP contribution in [-0.2, 0) is 9.31 Å². The summed E-state index contributed by atoms with van der Waals surface area (Å²) in [4.78, 5) is 0. The summed E-state index contributed by atoms with van der Waals surface area (Å²) in [5.74, 6) is 0.494. The third kappa shape index (κ3) is 10.7. The zero-order chi connectivity index (χ0) is 35.6. The largest absolute Gasteiger partial charge is 0.498 e. The topological polar surface area (TPSA) is 128 Å². The fraction of sp³-hybridized carbons (Fsp3) is 0.268. The van der Waals surface area contributed by atoms with Crippen LogP contribution in [0.25, 0.3) is 11.1 Å². The lowest BCUT2D eigenvalue weighted by Gasteiger charge is -2.32. The van der Waals surface area contributed by atoms with Crippen molar-refractivity contribution in [2.75, 3.05) is 13.1 Å². The van der Waals surface area contributed by atoms with Gasteiger partial charge in [0.15, 0.2) is 0 Å². The van der Waals surface area contributed by atoms with Gasteiger partial charge in [0.2, 0.25) is 0 Å². The Morgan fingerprint density at radius 1 is 0.615 bits per heavy atom. The molecule has 0 saturated carbocycles. The van der Waals surface area contributed by atoms with Gasteiger partial charge in [-0.2, -0.15) is 10.2 Å². The highest BCUT2D eigenvalue weighted by Gasteiger charge is 2.52. The van der Waals surface area contributed by atoms with Gasteiger partial charge in [-0.15, -0.1) is 12.4 Å². The maximum Gasteiger partial charge on any atom is 0.498 e. The molecule has 1 aliphatic rings. The van der Waals surface area contributed by atoms with Crippen molar-refractivity contribution in [2.24, 2.45) is 11.5 Å². The minimum absolute atomic E-state index is 0. The van der Waals surface area contributed by atoms with E-state index >= 15 is 0 Å². The van der Waals surface area contributed by atoms with Gasteiger partial charge in [0, 0.05) is 59.6 Å². The number of aromatic amines is 2. The summed E-state index contributed by atoms with van der Waals surface area (Å²) in [5.41, 5.74) is 19.4. The van der Waals surface area contributed by atoms with Gasteiger partial charge >= 0.3 is 7.12 Å². The molecule has 3 heterocycles. The predicted octanol–water partition coefficient (Wildman–Crippen LogP) is 8.36. The van der Waals surface area contributed by atoms with Crippen LogP contribution in [0.3, 0.4) is 0 Å². The number of nitrogens with zero attached hydrogens (tertiary/aromatic N) is 2. The number of aromatic nitrogens is 4. The second kappa shape index (κ2) is 19.6. The maximum atomic E-state index is 5.95. The van der Waals surface area contributed by atoms with Gasteiger partial charge < -0.3 is 20.8 Å². The van der Waals surface area contributed by atoms with Crippen molar-refractivity contribution in [1.29, 1.82) is 0 Å². The molecule has 52 heavy (non-hydrogen) atoms. The second-order valence-corrected chi connectivity index (χ2v) is 13.6. The van der Waals surface area contributed by atoms with Crippen LogP contribution in [-0.4, -0.2) is 51.8 Å². The SMILES string of the molecule is C.CC1(C)OB(c2cn[nH]c2)OC1(C)C.Cl.NCC(c1ccccc1)c1ccc(-c2cn[nH]c2)cc1.NCC(c1ccccc1)c1ccc(Cl)cc1. The minimum atomic E-state index is -0.307. The standard InChI is InChI=1S/C17H17N3.C14H14ClN.C9H15BN2O2.CH4.ClH/c18-10-17(14-4-2-1-3-5-14)15-8-6-13(7-9-15)16-11-19-20-12-16;15-13-8-6-12(7-9-13)14(10-16)11-4-2-1-3-5-11;1-8(2)9(3,4)14-10(13-8)7-5-11-12-6-7;;/h1-9,11-12,17H,10,18H2,(H,19,20);1-9,14H,10,16H2;5-6H,1-4H3,(H,11,12);1H4;1H. The Bertz CT molecular complexity index is 1820. The van der Waals surface area contributed by atoms with E-state index in [2.05, 4.69) is 81.1 Å². The fourth-order valence-electron chi connectivity index (χ4n) is 5.68. The molecule has 2 unspecified atom stereocenters. The summed E-state index contributed by atoms with van der Waals surface area (Å²) in [6, 6.07) is 37.1. The highest BCUT2D eigenvalue weighted by molar-refractivity contribution is 6.61. The third-order valence-electron chi connectivity index (χ3n) is 9.34. The van der Waals surface area contributed by atoms with Gasteiger partial charge in [0.25, 0.3) is 0 Å². The summed E-state index contributed by atoms with van der Waals surface area (Å²) in [7, 11) is -0.307. The third-order valence-corrected chi connectivity index (χ3v) is 9.59. The first-order valence-electron chi connectivity index (χ1n) is 16.8. The number of nitrogens with one attached hydrogen (secondary N) is 2. The van der Waals surface area contributed by atoms with Crippen molar-refractivity contribution in [3.8, 4) is 11.1 Å². The second-order valence-electron chi connectivity index (χ2n) is 13.2. The Balaban J connectivity index is 0.000000210. The van der Waals surface area contributed by atoms with E-state index in [4.69, 9.17) is 32.4 Å². The van der Waals surface area contributed by atoms with Crippen LogP contribution in [0.15, 0.2) is 134 Å². The van der Waals surface area contributed by atoms with E-state index in [0.29, 0.717) is 13.1 Å². The van der Waals surface area contributed by atoms with Crippen LogP contribution in [0.2, 0.25) is 5.02 Å². The van der Waals surface area contributed by atoms with E-state index in [9.17, 15) is 0 Å². The molecule has 0 radical (unpaired) electrons. The monoisotopic (exact) mass is 740 g/mol. The average Bonchev–Trinajstić information content (AvgIpc) is 3.91. The van der Waals surface area contributed by atoms with E-state index in [1.54, 1.807) is 12.4 Å². The zero-order valence-electron chi connectivity index (χ0n) is 29.5. The number of rotatable bonds is 8. The Labute approximate surface area is 320 Å². The van der Waals surface area contributed by atoms with Crippen LogP contribution in [0.4, 0.5) is 0 Å². The Hall–Kier alpha value is -4.22. The van der Waals surface area contributed by atoms with Crippen molar-refractivity contribution in [3.63, 3.8) is 0 Å². The van der Waals surface area contributed by atoms with Crippen molar-refractivity contribution in [1.82, 2.24) is 20.4 Å². The van der Waals surface area contributed by atoms with Gasteiger partial charge in [-0.3, -0.25) is 10.2 Å². The Morgan fingerprint density at radius 3 is 1.44 bits per heavy atom. The van der Waals surface area contributed by atoms with Gasteiger partial charge in [0.05, 0.1) is 17.4 Å². The Morgan fingerprint density at radius 2 is 1.04 bits per heavy atom. The smallest absolute Gasteiger partial charge is 0.399 e. The molecule has 274 valence electrons. The summed E-state index contributed by atoms with van der Waals surface area (Å²) >= 11 is 5.87. The summed E-state index contributed by atoms with van der Waals surface area (Å²) in [6.45, 7) is 9.35. The first-order chi connectivity index (χ1) is 24.1. The normalized spacial score (nSPS) is 15.0. The lowest BCUT2D eigenvalue weighted by molar-refractivity contribution is 0.00578. The average molecular weight is 742 g/mol. The quantitative estimate of drug-likeness (QED) is 0.116. The molecule has 11 heteroatoms. The van der Waals surface area contributed by atoms with Crippen molar-refractivity contribution >= 4 is 36.6 Å². The molecule has 1 aliphatic heterocycles. The molecule has 7 rings (SSSR count). The van der Waals surface area contributed by atoms with Crippen LogP contribution < -0.4 is 16.9 Å². The van der Waals surface area contributed by atoms with E-state index in [1.165, 1.54) is 22.3 Å². The zero-order valence-corrected chi connectivity index (χ0v) is 31.1. The number of hydrogen-bond acceptors (Lipinski definition) is 6. The lowest BCUT2D eigenvalue weighted by atomic mass is 9.82. The molecule has 6 aromatic rings. The van der Waals surface area contributed by atoms with Gasteiger partial charge in [-0.05, 0) is 67.6 Å². The fourth-order valence-corrected chi connectivity index (χ4v) is 5.81. The molecule has 0 spiro atoms. The van der Waals surface area contributed by atoms with E-state index in [1.807, 2.05) is 88.6 Å². The molecule has 1 fully saturated rings. The first kappa shape index (κ1) is 42.2. The molecular weight excluding hydrogens is 690 g/mol. The molecule has 4 aromatic carbocycles. The van der Waals surface area contributed by atoms with Gasteiger partial charge in [-0.1, -0.05) is 116 Å². The Kier molecular flexibility index (Phi) is 15.9. The number of halogens is 2. The molecule has 2 aromatic heterocycles. The van der Waals surface area contributed by atoms with Crippen molar-refractivity contribution in [2.45, 2.75) is 58.2 Å². The summed E-state index contributed by atoms with van der Waals surface area (Å²) in [6.07, 6.45) is 7.24. The summed E-state index contributed by atoms with van der Waals surface area (Å²) in [5, 5.41) is 14.2. The van der Waals surface area contributed by atoms with Crippen LogP contribution >= 0.6 is 24.0 Å². The highest BCUT2D eigenvalue weighted by atomic mass is 35.5. The van der Waals surface area contributed by atoms with Gasteiger partial charge in [0.1, 0.15) is 0 Å². The number of H-pyrrole nitrogens is 2. The van der Waals surface area contributed by atoms with E-state index < -0.39 is 0 Å². The predicted molar refractivity (Wildman–Crippen MR) is 218 cm³/mol. The molecular formula is C41H51BCl2N6O2. The molecule has 0 aliphatic carbocycles. The van der Waals surface area contributed by atoms with Crippen LogP contribution in [0.5, 0.6) is 0 Å². The van der Waals surface area contributed by atoms with E-state index in [0.717, 1.165) is 21.6 Å². The molecule has 2 atom stereocenters. The molecule has 0 bridgehead atoms. The lowest BCUT2D eigenvalue weighted by Crippen LogP contribution is -2.41. The van der Waals surface area contributed by atoms with Gasteiger partial charge in [-0.25, -0.2) is 0 Å².